The molecule has 5 rings (SSSR count). The maximum atomic E-state index is 12.4. The summed E-state index contributed by atoms with van der Waals surface area (Å²) in [7, 11) is 1.65. The number of hydrogen-bond donors (Lipinski definition) is 2. The molecule has 2 heterocycles. The highest BCUT2D eigenvalue weighted by molar-refractivity contribution is 8.18. The van der Waals surface area contributed by atoms with Crippen LogP contribution in [0.5, 0.6) is 11.5 Å². The molecule has 0 spiro atoms. The van der Waals surface area contributed by atoms with Crippen LogP contribution in [-0.4, -0.2) is 33.7 Å². The topological polar surface area (TPSA) is 73.9 Å². The molecule has 0 bridgehead atoms. The number of carbonyl (C=O) groups is 1. The molecule has 6 nitrogen and oxygen atoms in total. The molecular weight excluding hydrogens is 434 g/mol. The van der Waals surface area contributed by atoms with Gasteiger partial charge in [-0.2, -0.15) is 5.32 Å². The van der Waals surface area contributed by atoms with Gasteiger partial charge in [0.15, 0.2) is 6.04 Å². The third-order valence-electron chi connectivity index (χ3n) is 5.59. The monoisotopic (exact) mass is 456 g/mol. The molecule has 1 amide bonds. The van der Waals surface area contributed by atoms with Gasteiger partial charge in [-0.3, -0.25) is 0 Å². The van der Waals surface area contributed by atoms with Crippen molar-refractivity contribution in [1.82, 2.24) is 5.32 Å². The number of hydrazone groups is 1. The predicted octanol–water partition coefficient (Wildman–Crippen LogP) is 5.16. The Morgan fingerprint density at radius 3 is 2.48 bits per heavy atom. The van der Waals surface area contributed by atoms with Crippen LogP contribution in [0, 0.1) is 0 Å². The van der Waals surface area contributed by atoms with Crippen molar-refractivity contribution in [3.63, 3.8) is 0 Å². The number of amidine groups is 1. The number of carbonyl (C=O) groups excluding carboxylic acids is 1. The van der Waals surface area contributed by atoms with Gasteiger partial charge in [0.2, 0.25) is 0 Å². The summed E-state index contributed by atoms with van der Waals surface area (Å²) in [6.45, 7) is 0. The Kier molecular flexibility index (Phi) is 5.71. The Balaban J connectivity index is 1.62. The van der Waals surface area contributed by atoms with Crippen LogP contribution in [0.25, 0.3) is 6.08 Å². The summed E-state index contributed by atoms with van der Waals surface area (Å²) in [5, 5.41) is 17.4. The van der Waals surface area contributed by atoms with Crippen LogP contribution in [0.3, 0.4) is 0 Å². The van der Waals surface area contributed by atoms with Crippen LogP contribution in [0.1, 0.15) is 29.2 Å². The fraction of sp³-hybridized carbons (Fsp3) is 0.115. The third kappa shape index (κ3) is 4.40. The number of nitrogens with zero attached hydrogens (tertiary/aromatic N) is 2. The molecule has 0 radical (unpaired) electrons. The zero-order valence-corrected chi connectivity index (χ0v) is 18.8. The number of rotatable bonds is 4. The summed E-state index contributed by atoms with van der Waals surface area (Å²) >= 11 is 1.14. The molecule has 0 aromatic heterocycles. The van der Waals surface area contributed by atoms with Crippen molar-refractivity contribution in [1.29, 1.82) is 0 Å². The van der Waals surface area contributed by atoms with Crippen LogP contribution in [0.4, 0.5) is 4.79 Å². The van der Waals surface area contributed by atoms with E-state index < -0.39 is 0 Å². The number of nitrogens with one attached hydrogen (secondary N) is 1. The fourth-order valence-electron chi connectivity index (χ4n) is 3.93. The van der Waals surface area contributed by atoms with E-state index in [4.69, 9.17) is 9.84 Å². The van der Waals surface area contributed by atoms with Crippen LogP contribution in [-0.2, 0) is 0 Å². The average Bonchev–Trinajstić information content (AvgIpc) is 3.44. The maximum absolute atomic E-state index is 12.4. The van der Waals surface area contributed by atoms with Gasteiger partial charge in [0, 0.05) is 18.2 Å². The highest BCUT2D eigenvalue weighted by Gasteiger charge is 2.40. The first kappa shape index (κ1) is 21.0. The van der Waals surface area contributed by atoms with E-state index in [0.29, 0.717) is 12.3 Å². The number of ether oxygens (including phenoxy) is 1. The lowest BCUT2D eigenvalue weighted by Crippen LogP contribution is -2.29. The minimum absolute atomic E-state index is 0.0802. The number of aromatic hydroxyl groups is 1. The van der Waals surface area contributed by atoms with Crippen molar-refractivity contribution in [3.05, 3.63) is 100 Å². The number of methoxy groups -OCH3 is 1. The zero-order valence-electron chi connectivity index (χ0n) is 17.9. The van der Waals surface area contributed by atoms with Crippen LogP contribution < -0.4 is 10.1 Å². The first-order chi connectivity index (χ1) is 16.1. The number of phenolic OH excluding ortho intramolecular Hbond substituents is 1. The van der Waals surface area contributed by atoms with Gasteiger partial charge in [-0.15, -0.1) is 4.68 Å². The summed E-state index contributed by atoms with van der Waals surface area (Å²) in [4.78, 5) is 13.2. The van der Waals surface area contributed by atoms with Gasteiger partial charge in [-0.1, -0.05) is 59.7 Å². The Labute approximate surface area is 195 Å². The molecule has 7 heteroatoms. The van der Waals surface area contributed by atoms with E-state index in [1.807, 2.05) is 77.5 Å². The van der Waals surface area contributed by atoms with E-state index in [-0.39, 0.29) is 17.0 Å². The molecule has 3 aromatic carbocycles. The molecule has 33 heavy (non-hydrogen) atoms. The number of phenols is 1. The molecule has 164 valence electrons. The fourth-order valence-corrected chi connectivity index (χ4v) is 4.71. The Morgan fingerprint density at radius 1 is 1.06 bits per heavy atom. The number of amides is 1. The van der Waals surface area contributed by atoms with Crippen molar-refractivity contribution >= 4 is 34.6 Å². The lowest BCUT2D eigenvalue weighted by atomic mass is 9.99. The van der Waals surface area contributed by atoms with Crippen LogP contribution >= 0.6 is 11.8 Å². The summed E-state index contributed by atoms with van der Waals surface area (Å²) in [6.07, 6.45) is 2.63. The van der Waals surface area contributed by atoms with Crippen molar-refractivity contribution < 1.29 is 19.3 Å². The molecule has 2 aliphatic heterocycles. The van der Waals surface area contributed by atoms with E-state index >= 15 is 0 Å². The van der Waals surface area contributed by atoms with Gasteiger partial charge >= 0.3 is 11.1 Å². The highest BCUT2D eigenvalue weighted by Crippen LogP contribution is 2.35. The van der Waals surface area contributed by atoms with Gasteiger partial charge in [0.1, 0.15) is 16.4 Å². The van der Waals surface area contributed by atoms with E-state index in [0.717, 1.165) is 44.8 Å². The van der Waals surface area contributed by atoms with Gasteiger partial charge < -0.3 is 9.84 Å². The number of hydrogen-bond acceptors (Lipinski definition) is 5. The molecule has 0 aliphatic carbocycles. The molecular formula is C26H22N3O3S+. The van der Waals surface area contributed by atoms with Crippen molar-refractivity contribution in [2.45, 2.75) is 12.5 Å². The normalized spacial score (nSPS) is 21.2. The standard InChI is InChI=1S/C26H21N3O3S/c1-32-21-13-9-19(10-14-21)23-16-22(18-5-3-2-4-6-18)28-29(23)25-24(33-26(31)27-25)15-17-7-11-20(30)12-8-17/h2-15,23H,16H2,1H3,(H,27,30,31)/p+1/t23-/m0/s1. The Morgan fingerprint density at radius 2 is 1.79 bits per heavy atom. The van der Waals surface area contributed by atoms with Crippen molar-refractivity contribution in [2.24, 2.45) is 5.10 Å². The minimum Gasteiger partial charge on any atom is -0.508 e. The Hall–Kier alpha value is -3.84. The lowest BCUT2D eigenvalue weighted by molar-refractivity contribution is -0.568. The maximum Gasteiger partial charge on any atom is 0.372 e. The predicted molar refractivity (Wildman–Crippen MR) is 131 cm³/mol. The molecule has 0 saturated carbocycles. The van der Waals surface area contributed by atoms with Gasteiger partial charge in [0.25, 0.3) is 0 Å². The zero-order chi connectivity index (χ0) is 22.8. The highest BCUT2D eigenvalue weighted by atomic mass is 32.2. The number of benzene rings is 3. The van der Waals surface area contributed by atoms with Crippen molar-refractivity contribution in [3.8, 4) is 11.5 Å². The molecule has 2 N–H and O–H groups in total. The van der Waals surface area contributed by atoms with Crippen LogP contribution in [0.2, 0.25) is 0 Å². The summed E-state index contributed by atoms with van der Waals surface area (Å²) in [6, 6.07) is 24.8. The van der Waals surface area contributed by atoms with E-state index in [1.54, 1.807) is 19.2 Å². The van der Waals surface area contributed by atoms with Crippen molar-refractivity contribution in [2.75, 3.05) is 7.11 Å². The SMILES string of the molecule is COc1ccc([C@@H]2CC(c3ccccc3)=N/[N+]2=C2/NC(=O)S/C2=C\c2ccc(O)cc2)cc1. The second-order valence-corrected chi connectivity index (χ2v) is 8.73. The van der Waals surface area contributed by atoms with Gasteiger partial charge in [-0.05, 0) is 47.0 Å². The molecule has 3 aromatic rings. The molecule has 2 aliphatic rings. The molecule has 1 saturated heterocycles. The molecule has 0 unspecified atom stereocenters. The second-order valence-electron chi connectivity index (χ2n) is 7.71. The smallest absolute Gasteiger partial charge is 0.372 e. The first-order valence-electron chi connectivity index (χ1n) is 10.5. The largest absolute Gasteiger partial charge is 0.508 e. The molecule has 1 fully saturated rings. The quantitative estimate of drug-likeness (QED) is 0.532. The van der Waals surface area contributed by atoms with E-state index in [9.17, 15) is 9.90 Å². The summed E-state index contributed by atoms with van der Waals surface area (Å²) in [5.74, 6) is 1.65. The minimum atomic E-state index is -0.146. The van der Waals surface area contributed by atoms with Gasteiger partial charge in [0.05, 0.1) is 12.8 Å². The molecule has 1 atom stereocenters. The second kappa shape index (κ2) is 8.96. The lowest BCUT2D eigenvalue weighted by Gasteiger charge is -2.11. The third-order valence-corrected chi connectivity index (χ3v) is 6.41. The average molecular weight is 457 g/mol. The summed E-state index contributed by atoms with van der Waals surface area (Å²) in [5.41, 5.74) is 3.98. The Bertz CT molecular complexity index is 1280. The van der Waals surface area contributed by atoms with Gasteiger partial charge in [-0.25, -0.2) is 4.79 Å². The van der Waals surface area contributed by atoms with E-state index in [1.165, 1.54) is 0 Å². The summed E-state index contributed by atoms with van der Waals surface area (Å²) < 4.78 is 7.23. The van der Waals surface area contributed by atoms with E-state index in [2.05, 4.69) is 5.32 Å². The first-order valence-corrected chi connectivity index (χ1v) is 11.4. The number of thioether (sulfide) groups is 1. The van der Waals surface area contributed by atoms with Crippen LogP contribution in [0.15, 0.2) is 88.9 Å².